The summed E-state index contributed by atoms with van der Waals surface area (Å²) in [6.45, 7) is 6.27. The first kappa shape index (κ1) is 27.0. The first-order valence-corrected chi connectivity index (χ1v) is 14.7. The van der Waals surface area contributed by atoms with E-state index >= 15 is 0 Å². The number of pyridine rings is 1. The third-order valence-corrected chi connectivity index (χ3v) is 8.96. The summed E-state index contributed by atoms with van der Waals surface area (Å²) in [5, 5.41) is 7.45. The third kappa shape index (κ3) is 5.32. The predicted octanol–water partition coefficient (Wildman–Crippen LogP) is 4.27. The SMILES string of the molecule is C=C(c1cc2cnc(Nc3ccc(C4CN(C)CCS4)cc3)nc2n(C2Cc3ccccc3C(=O)N2)c1=O)N(C)C. The molecule has 4 aromatic rings. The highest BCUT2D eigenvalue weighted by Crippen LogP contribution is 2.33. The summed E-state index contributed by atoms with van der Waals surface area (Å²) in [5.41, 5.74) is 4.81. The molecule has 1 amide bonds. The van der Waals surface area contributed by atoms with Crippen LogP contribution in [0, 0.1) is 0 Å². The van der Waals surface area contributed by atoms with Crippen LogP contribution < -0.4 is 16.2 Å². The number of aromatic nitrogens is 3. The number of likely N-dealkylation sites (N-methyl/N-ethyl adjacent to an activating group) is 1. The Hall–Kier alpha value is -4.15. The van der Waals surface area contributed by atoms with Gasteiger partial charge >= 0.3 is 0 Å². The Morgan fingerprint density at radius 1 is 1.15 bits per heavy atom. The quantitative estimate of drug-likeness (QED) is 0.357. The van der Waals surface area contributed by atoms with Gasteiger partial charge in [-0.25, -0.2) is 4.98 Å². The van der Waals surface area contributed by atoms with Crippen LogP contribution in [0.2, 0.25) is 0 Å². The van der Waals surface area contributed by atoms with Crippen LogP contribution in [-0.4, -0.2) is 70.2 Å². The van der Waals surface area contributed by atoms with Crippen molar-refractivity contribution in [3.8, 4) is 0 Å². The molecule has 2 aromatic heterocycles. The van der Waals surface area contributed by atoms with E-state index in [1.165, 1.54) is 5.56 Å². The molecule has 41 heavy (non-hydrogen) atoms. The summed E-state index contributed by atoms with van der Waals surface area (Å²) in [5.74, 6) is 1.28. The van der Waals surface area contributed by atoms with Crippen LogP contribution in [0.25, 0.3) is 16.7 Å². The lowest BCUT2D eigenvalue weighted by atomic mass is 9.98. The third-order valence-electron chi connectivity index (χ3n) is 7.72. The van der Waals surface area contributed by atoms with Crippen molar-refractivity contribution < 1.29 is 4.79 Å². The number of carbonyl (C=O) groups excluding carboxylic acids is 1. The number of fused-ring (bicyclic) bond motifs is 2. The number of rotatable bonds is 6. The van der Waals surface area contributed by atoms with E-state index in [-0.39, 0.29) is 11.5 Å². The Morgan fingerprint density at radius 3 is 2.68 bits per heavy atom. The maximum Gasteiger partial charge on any atom is 0.263 e. The molecule has 2 unspecified atom stereocenters. The van der Waals surface area contributed by atoms with E-state index < -0.39 is 6.17 Å². The molecule has 0 bridgehead atoms. The zero-order valence-electron chi connectivity index (χ0n) is 23.4. The summed E-state index contributed by atoms with van der Waals surface area (Å²) in [6.07, 6.45) is 1.54. The van der Waals surface area contributed by atoms with E-state index in [2.05, 4.69) is 46.3 Å². The summed E-state index contributed by atoms with van der Waals surface area (Å²) in [6, 6.07) is 17.6. The lowest BCUT2D eigenvalue weighted by molar-refractivity contribution is 0.0905. The minimum Gasteiger partial charge on any atom is -0.377 e. The second-order valence-electron chi connectivity index (χ2n) is 10.8. The van der Waals surface area contributed by atoms with Gasteiger partial charge < -0.3 is 20.4 Å². The van der Waals surface area contributed by atoms with Crippen molar-refractivity contribution in [1.82, 2.24) is 29.7 Å². The molecule has 1 saturated heterocycles. The lowest BCUT2D eigenvalue weighted by Gasteiger charge is -2.29. The molecule has 2 atom stereocenters. The first-order valence-electron chi connectivity index (χ1n) is 13.6. The Balaban J connectivity index is 1.38. The first-order chi connectivity index (χ1) is 19.8. The largest absolute Gasteiger partial charge is 0.377 e. The van der Waals surface area contributed by atoms with Crippen LogP contribution in [-0.2, 0) is 6.42 Å². The summed E-state index contributed by atoms with van der Waals surface area (Å²) in [7, 11) is 5.85. The minimum atomic E-state index is -0.615. The van der Waals surface area contributed by atoms with E-state index in [1.54, 1.807) is 27.8 Å². The average Bonchev–Trinajstić information content (AvgIpc) is 2.97. The topological polar surface area (TPSA) is 95.4 Å². The maximum absolute atomic E-state index is 14.0. The Bertz CT molecular complexity index is 1700. The van der Waals surface area contributed by atoms with Crippen LogP contribution in [0.1, 0.15) is 38.5 Å². The van der Waals surface area contributed by atoms with Gasteiger partial charge in [-0.15, -0.1) is 0 Å². The fourth-order valence-electron chi connectivity index (χ4n) is 5.37. The molecular weight excluding hydrogens is 534 g/mol. The normalized spacial score (nSPS) is 19.0. The number of thioether (sulfide) groups is 1. The van der Waals surface area contributed by atoms with Gasteiger partial charge in [0.1, 0.15) is 11.8 Å². The fraction of sp³-hybridized carbons (Fsp3) is 0.290. The van der Waals surface area contributed by atoms with Gasteiger partial charge in [0.2, 0.25) is 5.95 Å². The molecule has 2 N–H and O–H groups in total. The monoisotopic (exact) mass is 567 g/mol. The molecule has 10 heteroatoms. The molecule has 4 heterocycles. The Kier molecular flexibility index (Phi) is 7.27. The van der Waals surface area contributed by atoms with Crippen LogP contribution in [0.15, 0.2) is 72.2 Å². The lowest BCUT2D eigenvalue weighted by Crippen LogP contribution is -2.43. The summed E-state index contributed by atoms with van der Waals surface area (Å²) < 4.78 is 1.57. The molecule has 0 radical (unpaired) electrons. The van der Waals surface area contributed by atoms with Crippen molar-refractivity contribution in [3.63, 3.8) is 0 Å². The Labute approximate surface area is 243 Å². The van der Waals surface area contributed by atoms with E-state index in [0.29, 0.717) is 45.5 Å². The van der Waals surface area contributed by atoms with Crippen LogP contribution in [0.5, 0.6) is 0 Å². The second-order valence-corrected chi connectivity index (χ2v) is 12.1. The highest BCUT2D eigenvalue weighted by molar-refractivity contribution is 7.99. The van der Waals surface area contributed by atoms with Gasteiger partial charge in [-0.05, 0) is 42.4 Å². The van der Waals surface area contributed by atoms with Crippen molar-refractivity contribution in [2.45, 2.75) is 17.8 Å². The van der Waals surface area contributed by atoms with Gasteiger partial charge in [0.15, 0.2) is 0 Å². The number of carbonyl (C=O) groups is 1. The standard InChI is InChI=1S/C31H33N7O2S/c1-19(36(2)3)25-15-22-17-32-31(33-23-11-9-20(10-12-23)26-18-37(4)13-14-41-26)35-28(22)38(30(25)40)27-16-21-7-5-6-8-24(21)29(39)34-27/h5-12,15,17,26-27H,1,13-14,16,18H2,2-4H3,(H,34,39)(H,32,33,35). The van der Waals surface area contributed by atoms with Gasteiger partial charge in [0, 0.05) is 73.1 Å². The summed E-state index contributed by atoms with van der Waals surface area (Å²) >= 11 is 1.99. The molecule has 2 aliphatic rings. The molecule has 9 nitrogen and oxygen atoms in total. The minimum absolute atomic E-state index is 0.219. The fourth-order valence-corrected chi connectivity index (χ4v) is 6.78. The van der Waals surface area contributed by atoms with E-state index in [1.807, 2.05) is 56.2 Å². The van der Waals surface area contributed by atoms with Crippen molar-refractivity contribution in [2.75, 3.05) is 45.3 Å². The van der Waals surface area contributed by atoms with Gasteiger partial charge in [-0.3, -0.25) is 14.2 Å². The van der Waals surface area contributed by atoms with Crippen molar-refractivity contribution in [2.24, 2.45) is 0 Å². The van der Waals surface area contributed by atoms with E-state index in [9.17, 15) is 9.59 Å². The van der Waals surface area contributed by atoms with Gasteiger partial charge in [0.25, 0.3) is 11.5 Å². The number of hydrogen-bond donors (Lipinski definition) is 2. The predicted molar refractivity (Wildman–Crippen MR) is 166 cm³/mol. The molecule has 1 fully saturated rings. The number of anilines is 2. The van der Waals surface area contributed by atoms with Gasteiger partial charge in [-0.1, -0.05) is 36.9 Å². The molecule has 0 aliphatic carbocycles. The number of nitrogens with zero attached hydrogens (tertiary/aromatic N) is 5. The number of nitrogens with one attached hydrogen (secondary N) is 2. The zero-order valence-corrected chi connectivity index (χ0v) is 24.2. The van der Waals surface area contributed by atoms with Crippen molar-refractivity contribution >= 4 is 46.0 Å². The highest BCUT2D eigenvalue weighted by Gasteiger charge is 2.28. The van der Waals surface area contributed by atoms with E-state index in [4.69, 9.17) is 4.98 Å². The number of amides is 1. The summed E-state index contributed by atoms with van der Waals surface area (Å²) in [4.78, 5) is 40.5. The Morgan fingerprint density at radius 2 is 1.93 bits per heavy atom. The van der Waals surface area contributed by atoms with Crippen molar-refractivity contribution in [1.29, 1.82) is 0 Å². The molecule has 6 rings (SSSR count). The molecule has 2 aliphatic heterocycles. The van der Waals surface area contributed by atoms with Crippen LogP contribution in [0.3, 0.4) is 0 Å². The average molecular weight is 568 g/mol. The smallest absolute Gasteiger partial charge is 0.263 e. The second kappa shape index (κ2) is 11.0. The molecule has 2 aromatic carbocycles. The molecule has 0 saturated carbocycles. The molecule has 0 spiro atoms. The molecule has 210 valence electrons. The number of benzene rings is 2. The van der Waals surface area contributed by atoms with E-state index in [0.717, 1.165) is 30.1 Å². The maximum atomic E-state index is 14.0. The van der Waals surface area contributed by atoms with Gasteiger partial charge in [0.05, 0.1) is 5.56 Å². The van der Waals surface area contributed by atoms with Crippen LogP contribution >= 0.6 is 11.8 Å². The van der Waals surface area contributed by atoms with Crippen molar-refractivity contribution in [3.05, 3.63) is 100.0 Å². The van der Waals surface area contributed by atoms with Crippen LogP contribution in [0.4, 0.5) is 11.6 Å². The molecular formula is C31H33N7O2S. The van der Waals surface area contributed by atoms with Gasteiger partial charge in [-0.2, -0.15) is 16.7 Å². The number of hydrogen-bond acceptors (Lipinski definition) is 8. The highest BCUT2D eigenvalue weighted by atomic mass is 32.2. The zero-order chi connectivity index (χ0) is 28.7.